The Morgan fingerprint density at radius 2 is 1.72 bits per heavy atom. The van der Waals surface area contributed by atoms with E-state index in [-0.39, 0.29) is 49.0 Å². The first kappa shape index (κ1) is 34.8. The number of fused-ring (bicyclic) bond motifs is 1. The second-order valence-electron chi connectivity index (χ2n) is 9.99. The molecule has 39 heavy (non-hydrogen) atoms. The second kappa shape index (κ2) is 14.4. The highest BCUT2D eigenvalue weighted by Crippen LogP contribution is 2.39. The van der Waals surface area contributed by atoms with Crippen LogP contribution in [0, 0.1) is 19.3 Å². The van der Waals surface area contributed by atoms with Gasteiger partial charge in [-0.15, -0.1) is 48.6 Å². The Morgan fingerprint density at radius 1 is 1.00 bits per heavy atom. The first-order valence-corrected chi connectivity index (χ1v) is 13.2. The van der Waals surface area contributed by atoms with Gasteiger partial charge in [0.05, 0.1) is 22.6 Å². The lowest BCUT2D eigenvalue weighted by molar-refractivity contribution is -0.137. The number of amides is 2. The number of aryl methyl sites for hydroxylation is 2. The number of rotatable bonds is 8. The van der Waals surface area contributed by atoms with E-state index < -0.39 is 5.41 Å². The Morgan fingerprint density at radius 3 is 2.33 bits per heavy atom. The van der Waals surface area contributed by atoms with Gasteiger partial charge in [-0.25, -0.2) is 4.98 Å². The van der Waals surface area contributed by atoms with Gasteiger partial charge in [-0.05, 0) is 75.9 Å². The second-order valence-corrected chi connectivity index (χ2v) is 10.9. The topological polar surface area (TPSA) is 69.6 Å². The van der Waals surface area contributed by atoms with E-state index >= 15 is 0 Å². The number of carbonyl (C=O) groups excluding carboxylic acids is 2. The van der Waals surface area contributed by atoms with Crippen LogP contribution < -0.4 is 9.80 Å². The average molecular weight is 615 g/mol. The molecular weight excluding hydrogens is 577 g/mol. The molecule has 0 bridgehead atoms. The van der Waals surface area contributed by atoms with Crippen molar-refractivity contribution in [1.82, 2.24) is 14.9 Å². The number of halogens is 3. The van der Waals surface area contributed by atoms with E-state index in [2.05, 4.69) is 46.9 Å². The fraction of sp³-hybridized carbons (Fsp3) is 0.429. The quantitative estimate of drug-likeness (QED) is 0.290. The van der Waals surface area contributed by atoms with Crippen molar-refractivity contribution >= 4 is 71.7 Å². The van der Waals surface area contributed by atoms with E-state index in [1.54, 1.807) is 42.0 Å². The van der Waals surface area contributed by atoms with Crippen LogP contribution in [-0.4, -0.2) is 46.8 Å². The van der Waals surface area contributed by atoms with Crippen molar-refractivity contribution < 1.29 is 9.59 Å². The molecule has 0 saturated carbocycles. The lowest BCUT2D eigenvalue weighted by Crippen LogP contribution is -2.47. The van der Waals surface area contributed by atoms with Gasteiger partial charge < -0.3 is 9.80 Å². The Kier molecular flexibility index (Phi) is 12.9. The van der Waals surface area contributed by atoms with Crippen LogP contribution in [0.4, 0.5) is 11.4 Å². The first-order chi connectivity index (χ1) is 17.1. The smallest absolute Gasteiger partial charge is 0.242 e. The van der Waals surface area contributed by atoms with E-state index in [0.29, 0.717) is 6.54 Å². The monoisotopic (exact) mass is 613 g/mol. The fourth-order valence-corrected chi connectivity index (χ4v) is 5.55. The molecule has 3 heterocycles. The summed E-state index contributed by atoms with van der Waals surface area (Å²) in [7, 11) is 1.77. The zero-order valence-corrected chi connectivity index (χ0v) is 26.5. The molecule has 4 rings (SSSR count). The van der Waals surface area contributed by atoms with Gasteiger partial charge in [-0.1, -0.05) is 6.07 Å². The predicted octanol–water partition coefficient (Wildman–Crippen LogP) is 6.02. The molecule has 0 fully saturated rings. The van der Waals surface area contributed by atoms with Gasteiger partial charge in [-0.3, -0.25) is 19.5 Å². The first-order valence-electron chi connectivity index (χ1n) is 12.4. The molecule has 0 atom stereocenters. The summed E-state index contributed by atoms with van der Waals surface area (Å²) in [6.07, 6.45) is 4.68. The molecule has 11 heteroatoms. The molecule has 7 nitrogen and oxygen atoms in total. The maximum absolute atomic E-state index is 13.2. The summed E-state index contributed by atoms with van der Waals surface area (Å²) in [4.78, 5) is 42.2. The van der Waals surface area contributed by atoms with Crippen molar-refractivity contribution in [3.63, 3.8) is 0 Å². The Bertz CT molecular complexity index is 1280. The van der Waals surface area contributed by atoms with E-state index in [4.69, 9.17) is 0 Å². The number of pyridine rings is 1. The largest absolute Gasteiger partial charge is 0.313 e. The SMILES string of the molecule is CCN1C(=O)C(C)(C)C(=O)N(C)c2cc(CN(CCc3cnccc3C)Cc3scnc3C)ccc21.Cl.Cl.Cl. The molecule has 1 aliphatic rings. The molecular formula is C28H38Cl3N5O2S. The molecule has 0 N–H and O–H groups in total. The zero-order valence-electron chi connectivity index (χ0n) is 23.3. The van der Waals surface area contributed by atoms with E-state index in [0.717, 1.165) is 48.7 Å². The number of aromatic nitrogens is 2. The molecule has 2 amide bonds. The maximum Gasteiger partial charge on any atom is 0.242 e. The molecule has 0 spiro atoms. The van der Waals surface area contributed by atoms with Gasteiger partial charge in [0, 0.05) is 50.5 Å². The number of hydrogen-bond donors (Lipinski definition) is 0. The highest BCUT2D eigenvalue weighted by atomic mass is 35.5. The summed E-state index contributed by atoms with van der Waals surface area (Å²) < 4.78 is 0. The molecule has 214 valence electrons. The summed E-state index contributed by atoms with van der Waals surface area (Å²) in [5.74, 6) is -0.353. The van der Waals surface area contributed by atoms with Gasteiger partial charge in [-0.2, -0.15) is 0 Å². The molecule has 1 aliphatic heterocycles. The Labute approximate surface area is 254 Å². The number of anilines is 2. The third-order valence-corrected chi connectivity index (χ3v) is 8.01. The average Bonchev–Trinajstić information content (AvgIpc) is 3.25. The van der Waals surface area contributed by atoms with Crippen molar-refractivity contribution in [2.75, 3.05) is 29.9 Å². The minimum absolute atomic E-state index is 0. The van der Waals surface area contributed by atoms with E-state index in [1.807, 2.05) is 30.9 Å². The zero-order chi connectivity index (χ0) is 26.0. The Hall–Kier alpha value is -2.23. The molecule has 0 aliphatic carbocycles. The highest BCUT2D eigenvalue weighted by molar-refractivity contribution is 7.09. The Balaban J connectivity index is 0.00000253. The highest BCUT2D eigenvalue weighted by Gasteiger charge is 2.45. The van der Waals surface area contributed by atoms with Crippen LogP contribution in [0.3, 0.4) is 0 Å². The van der Waals surface area contributed by atoms with Crippen LogP contribution in [0.5, 0.6) is 0 Å². The third kappa shape index (κ3) is 7.30. The lowest BCUT2D eigenvalue weighted by atomic mass is 9.90. The molecule has 1 aromatic carbocycles. The summed E-state index contributed by atoms with van der Waals surface area (Å²) >= 11 is 1.68. The van der Waals surface area contributed by atoms with Crippen LogP contribution in [0.2, 0.25) is 0 Å². The van der Waals surface area contributed by atoms with Crippen molar-refractivity contribution in [1.29, 1.82) is 0 Å². The van der Waals surface area contributed by atoms with Gasteiger partial charge in [0.1, 0.15) is 5.41 Å². The summed E-state index contributed by atoms with van der Waals surface area (Å²) in [5, 5.41) is 0. The molecule has 3 aromatic rings. The number of hydrogen-bond acceptors (Lipinski definition) is 6. The van der Waals surface area contributed by atoms with Crippen molar-refractivity contribution in [2.45, 2.75) is 54.1 Å². The van der Waals surface area contributed by atoms with Crippen molar-refractivity contribution in [2.24, 2.45) is 5.41 Å². The molecule has 0 unspecified atom stereocenters. The number of thiazole rings is 1. The van der Waals surface area contributed by atoms with Crippen LogP contribution in [0.1, 0.15) is 48.0 Å². The van der Waals surface area contributed by atoms with Crippen LogP contribution in [0.25, 0.3) is 0 Å². The van der Waals surface area contributed by atoms with Gasteiger partial charge in [0.15, 0.2) is 0 Å². The van der Waals surface area contributed by atoms with Crippen LogP contribution in [-0.2, 0) is 29.1 Å². The molecule has 2 aromatic heterocycles. The van der Waals surface area contributed by atoms with Crippen LogP contribution >= 0.6 is 48.6 Å². The maximum atomic E-state index is 13.2. The lowest BCUT2D eigenvalue weighted by Gasteiger charge is -2.27. The van der Waals surface area contributed by atoms with Crippen LogP contribution in [0.15, 0.2) is 42.2 Å². The fourth-order valence-electron chi connectivity index (χ4n) is 4.74. The predicted molar refractivity (Wildman–Crippen MR) is 167 cm³/mol. The van der Waals surface area contributed by atoms with Gasteiger partial charge >= 0.3 is 0 Å². The number of benzene rings is 1. The standard InChI is InChI=1S/C28H35N5O2S.3ClH/c1-7-33-23-9-8-21(14-24(23)31(6)26(34)28(4,5)27(33)35)16-32(17-25-20(3)30-18-36-25)13-11-22-15-29-12-10-19(22)2;;;/h8-10,12,14-15,18H,7,11,13,16-17H2,1-6H3;3*1H. The third-order valence-electron chi connectivity index (χ3n) is 7.09. The van der Waals surface area contributed by atoms with E-state index in [1.165, 1.54) is 16.0 Å². The van der Waals surface area contributed by atoms with Gasteiger partial charge in [0.2, 0.25) is 11.8 Å². The molecule has 0 radical (unpaired) electrons. The van der Waals surface area contributed by atoms with Gasteiger partial charge in [0.25, 0.3) is 0 Å². The minimum Gasteiger partial charge on any atom is -0.313 e. The van der Waals surface area contributed by atoms with E-state index in [9.17, 15) is 9.59 Å². The summed E-state index contributed by atoms with van der Waals surface area (Å²) in [6.45, 7) is 12.4. The number of nitrogens with zero attached hydrogens (tertiary/aromatic N) is 5. The summed E-state index contributed by atoms with van der Waals surface area (Å²) in [6, 6.07) is 8.17. The summed E-state index contributed by atoms with van der Waals surface area (Å²) in [5.41, 5.74) is 7.00. The number of carbonyl (C=O) groups is 2. The van der Waals surface area contributed by atoms with Crippen molar-refractivity contribution in [3.8, 4) is 0 Å². The normalized spacial score (nSPS) is 14.2. The molecule has 0 saturated heterocycles. The minimum atomic E-state index is -1.11. The van der Waals surface area contributed by atoms with Crippen molar-refractivity contribution in [3.05, 3.63) is 69.4 Å².